The predicted octanol–water partition coefficient (Wildman–Crippen LogP) is 2.48. The molecule has 7 nitrogen and oxygen atoms in total. The van der Waals surface area contributed by atoms with Gasteiger partial charge in [0.2, 0.25) is 0 Å². The summed E-state index contributed by atoms with van der Waals surface area (Å²) >= 11 is 0. The average molecular weight is 440 g/mol. The van der Waals surface area contributed by atoms with Gasteiger partial charge in [0.15, 0.2) is 5.82 Å². The Morgan fingerprint density at radius 3 is 2.68 bits per heavy atom. The third kappa shape index (κ3) is 3.67. The molecule has 0 radical (unpaired) electrons. The summed E-state index contributed by atoms with van der Waals surface area (Å²) in [5.74, 6) is -1.95. The molecule has 3 heterocycles. The fourth-order valence-corrected chi connectivity index (χ4v) is 3.59. The summed E-state index contributed by atoms with van der Waals surface area (Å²) in [6.45, 7) is 1.64. The van der Waals surface area contributed by atoms with Crippen molar-refractivity contribution in [1.82, 2.24) is 25.2 Å². The highest BCUT2D eigenvalue weighted by molar-refractivity contribution is 5.97. The Bertz CT molecular complexity index is 1170. The maximum absolute atomic E-state index is 14.6. The van der Waals surface area contributed by atoms with Crippen LogP contribution in [0.25, 0.3) is 16.8 Å². The van der Waals surface area contributed by atoms with Crippen LogP contribution >= 0.6 is 0 Å². The number of hydrogen-bond acceptors (Lipinski definition) is 5. The highest BCUT2D eigenvalue weighted by Crippen LogP contribution is 2.39. The highest BCUT2D eigenvalue weighted by Gasteiger charge is 2.37. The first kappa shape index (κ1) is 21.0. The lowest BCUT2D eigenvalue weighted by Gasteiger charge is -2.16. The molecule has 0 saturated carbocycles. The molecule has 4 N–H and O–H groups in total. The van der Waals surface area contributed by atoms with Gasteiger partial charge in [-0.1, -0.05) is 0 Å². The van der Waals surface area contributed by atoms with E-state index >= 15 is 0 Å². The van der Waals surface area contributed by atoms with Crippen LogP contribution in [0, 0.1) is 12.7 Å². The minimum atomic E-state index is -4.77. The highest BCUT2D eigenvalue weighted by atomic mass is 19.4. The molecule has 1 aliphatic rings. The number of benzene rings is 1. The summed E-state index contributed by atoms with van der Waals surface area (Å²) in [5.41, 5.74) is 3.76. The van der Waals surface area contributed by atoms with Crippen molar-refractivity contribution in [3.8, 4) is 11.3 Å². The summed E-state index contributed by atoms with van der Waals surface area (Å²) in [5, 5.41) is 9.09. The zero-order valence-electron chi connectivity index (χ0n) is 16.1. The third-order valence-corrected chi connectivity index (χ3v) is 5.23. The number of alkyl halides is 4. The molecule has 12 heteroatoms. The SMILES string of the molecule is Cc1c(F)cc(-c2cc(C(F)(F)F)c3c(N)ncnn23)cc1C(=O)N[C@@H]1CNC[C@@H]1F. The lowest BCUT2D eigenvalue weighted by Crippen LogP contribution is -2.41. The summed E-state index contributed by atoms with van der Waals surface area (Å²) in [7, 11) is 0. The Labute approximate surface area is 172 Å². The van der Waals surface area contributed by atoms with Crippen molar-refractivity contribution >= 4 is 17.2 Å². The molecule has 2 aromatic heterocycles. The van der Waals surface area contributed by atoms with Crippen molar-refractivity contribution in [3.63, 3.8) is 0 Å². The Kier molecular flexibility index (Phi) is 5.04. The van der Waals surface area contributed by atoms with Gasteiger partial charge in [0.05, 0.1) is 17.3 Å². The molecular formula is C19H17F5N6O. The second-order valence-electron chi connectivity index (χ2n) is 7.23. The van der Waals surface area contributed by atoms with E-state index in [1.54, 1.807) is 0 Å². The topological polar surface area (TPSA) is 97.3 Å². The first-order valence-corrected chi connectivity index (χ1v) is 9.23. The zero-order valence-corrected chi connectivity index (χ0v) is 16.1. The van der Waals surface area contributed by atoms with Gasteiger partial charge in [-0.2, -0.15) is 18.3 Å². The van der Waals surface area contributed by atoms with Crippen molar-refractivity contribution in [3.05, 3.63) is 47.0 Å². The van der Waals surface area contributed by atoms with Crippen LogP contribution in [0.2, 0.25) is 0 Å². The van der Waals surface area contributed by atoms with Crippen LogP contribution in [0.1, 0.15) is 21.5 Å². The van der Waals surface area contributed by atoms with E-state index in [0.29, 0.717) is 0 Å². The maximum Gasteiger partial charge on any atom is 0.418 e. The van der Waals surface area contributed by atoms with E-state index in [1.807, 2.05) is 0 Å². The van der Waals surface area contributed by atoms with Crippen LogP contribution in [0.5, 0.6) is 0 Å². The van der Waals surface area contributed by atoms with Crippen LogP contribution in [0.3, 0.4) is 0 Å². The van der Waals surface area contributed by atoms with Crippen LogP contribution in [-0.2, 0) is 6.18 Å². The molecule has 0 aliphatic carbocycles. The smallest absolute Gasteiger partial charge is 0.382 e. The van der Waals surface area contributed by atoms with Crippen molar-refractivity contribution in [1.29, 1.82) is 0 Å². The summed E-state index contributed by atoms with van der Waals surface area (Å²) in [6.07, 6.45) is -5.10. The van der Waals surface area contributed by atoms with E-state index in [0.717, 1.165) is 23.0 Å². The number of anilines is 1. The van der Waals surface area contributed by atoms with Gasteiger partial charge >= 0.3 is 6.18 Å². The van der Waals surface area contributed by atoms with E-state index in [4.69, 9.17) is 5.73 Å². The summed E-state index contributed by atoms with van der Waals surface area (Å²) in [4.78, 5) is 16.3. The summed E-state index contributed by atoms with van der Waals surface area (Å²) in [6, 6.07) is 2.22. The van der Waals surface area contributed by atoms with E-state index < -0.39 is 47.0 Å². The third-order valence-electron chi connectivity index (χ3n) is 5.23. The molecule has 1 amide bonds. The molecule has 1 saturated heterocycles. The molecular weight excluding hydrogens is 423 g/mol. The van der Waals surface area contributed by atoms with Gasteiger partial charge in [0, 0.05) is 24.2 Å². The number of nitrogens with two attached hydrogens (primary N) is 1. The van der Waals surface area contributed by atoms with Gasteiger partial charge in [-0.05, 0) is 30.7 Å². The molecule has 31 heavy (non-hydrogen) atoms. The fourth-order valence-electron chi connectivity index (χ4n) is 3.59. The molecule has 164 valence electrons. The molecule has 0 unspecified atom stereocenters. The number of carbonyl (C=O) groups excluding carboxylic acids is 1. The van der Waals surface area contributed by atoms with Crippen LogP contribution in [-0.4, -0.2) is 45.8 Å². The molecule has 1 aliphatic heterocycles. The summed E-state index contributed by atoms with van der Waals surface area (Å²) < 4.78 is 70.0. The van der Waals surface area contributed by atoms with Crippen LogP contribution in [0.15, 0.2) is 24.5 Å². The fraction of sp³-hybridized carbons (Fsp3) is 0.316. The van der Waals surface area contributed by atoms with Crippen molar-refractivity contribution in [2.45, 2.75) is 25.3 Å². The number of halogens is 5. The predicted molar refractivity (Wildman–Crippen MR) is 102 cm³/mol. The number of carbonyl (C=O) groups is 1. The van der Waals surface area contributed by atoms with E-state index in [9.17, 15) is 26.7 Å². The first-order valence-electron chi connectivity index (χ1n) is 9.23. The van der Waals surface area contributed by atoms with Crippen molar-refractivity contribution in [2.24, 2.45) is 0 Å². The monoisotopic (exact) mass is 440 g/mol. The first-order chi connectivity index (χ1) is 14.6. The second kappa shape index (κ2) is 7.45. The van der Waals surface area contributed by atoms with E-state index in [-0.39, 0.29) is 35.5 Å². The normalized spacial score (nSPS) is 19.2. The zero-order chi connectivity index (χ0) is 22.5. The number of rotatable bonds is 3. The molecule has 0 spiro atoms. The quantitative estimate of drug-likeness (QED) is 0.544. The van der Waals surface area contributed by atoms with Gasteiger partial charge in [0.25, 0.3) is 5.91 Å². The number of fused-ring (bicyclic) bond motifs is 1. The standard InChI is InChI=1S/C19H17F5N6O/c1-8-10(18(31)29-14-6-26-5-13(14)21)2-9(3-12(8)20)15-4-11(19(22,23)24)16-17(25)27-7-28-30(15)16/h2-4,7,13-14,26H,5-6H2,1H3,(H,29,31)(H2,25,27,28)/t13-,14+/m0/s1. The molecule has 4 rings (SSSR count). The Morgan fingerprint density at radius 1 is 1.29 bits per heavy atom. The average Bonchev–Trinajstić information content (AvgIpc) is 3.28. The van der Waals surface area contributed by atoms with E-state index in [1.165, 1.54) is 13.0 Å². The number of aromatic nitrogens is 3. The van der Waals surface area contributed by atoms with E-state index in [2.05, 4.69) is 20.7 Å². The molecule has 2 atom stereocenters. The van der Waals surface area contributed by atoms with Gasteiger partial charge in [0.1, 0.15) is 23.8 Å². The van der Waals surface area contributed by atoms with Gasteiger partial charge in [-0.3, -0.25) is 4.79 Å². The molecule has 1 fully saturated rings. The number of nitrogens with one attached hydrogen (secondary N) is 2. The van der Waals surface area contributed by atoms with Gasteiger partial charge in [-0.15, -0.1) is 0 Å². The largest absolute Gasteiger partial charge is 0.418 e. The second-order valence-corrected chi connectivity index (χ2v) is 7.23. The number of amides is 1. The minimum absolute atomic E-state index is 0.0198. The Morgan fingerprint density at radius 2 is 2.03 bits per heavy atom. The number of nitrogen functional groups attached to an aromatic ring is 1. The van der Waals surface area contributed by atoms with Crippen molar-refractivity contribution in [2.75, 3.05) is 18.8 Å². The number of nitrogens with zero attached hydrogens (tertiary/aromatic N) is 3. The molecule has 3 aromatic rings. The maximum atomic E-state index is 14.6. The Balaban J connectivity index is 1.84. The van der Waals surface area contributed by atoms with Crippen molar-refractivity contribution < 1.29 is 26.7 Å². The molecule has 0 bridgehead atoms. The lowest BCUT2D eigenvalue weighted by atomic mass is 10.0. The van der Waals surface area contributed by atoms with Crippen LogP contribution in [0.4, 0.5) is 27.8 Å². The van der Waals surface area contributed by atoms with Gasteiger partial charge < -0.3 is 16.4 Å². The molecule has 1 aromatic carbocycles. The number of hydrogen-bond donors (Lipinski definition) is 3. The minimum Gasteiger partial charge on any atom is -0.382 e. The Hall–Kier alpha value is -3.28. The van der Waals surface area contributed by atoms with Gasteiger partial charge in [-0.25, -0.2) is 18.3 Å². The van der Waals surface area contributed by atoms with Crippen LogP contribution < -0.4 is 16.4 Å². The lowest BCUT2D eigenvalue weighted by molar-refractivity contribution is -0.136.